The third kappa shape index (κ3) is 7.40. The van der Waals surface area contributed by atoms with Crippen molar-refractivity contribution in [1.82, 2.24) is 0 Å². The summed E-state index contributed by atoms with van der Waals surface area (Å²) in [4.78, 5) is 47.2. The highest BCUT2D eigenvalue weighted by molar-refractivity contribution is 5.96. The molecule has 0 aromatic heterocycles. The maximum absolute atomic E-state index is 11.8. The van der Waals surface area contributed by atoms with Gasteiger partial charge in [-0.1, -0.05) is 0 Å². The third-order valence-corrected chi connectivity index (χ3v) is 6.56. The molecule has 2 heterocycles. The molecule has 0 aromatic rings. The molecule has 3 rings (SSSR count). The van der Waals surface area contributed by atoms with Gasteiger partial charge in [0.1, 0.15) is 12.2 Å². The third-order valence-electron chi connectivity index (χ3n) is 6.56. The van der Waals surface area contributed by atoms with Crippen molar-refractivity contribution in [3.63, 3.8) is 0 Å². The molecule has 10 nitrogen and oxygen atoms in total. The minimum Gasteiger partial charge on any atom is -0.465 e. The topological polar surface area (TPSA) is 124 Å². The molecule has 0 N–H and O–H groups in total. The van der Waals surface area contributed by atoms with Gasteiger partial charge in [-0.05, 0) is 51.4 Å². The summed E-state index contributed by atoms with van der Waals surface area (Å²) in [6, 6.07) is 0. The highest BCUT2D eigenvalue weighted by Crippen LogP contribution is 2.30. The Labute approximate surface area is 199 Å². The number of hydrogen-bond acceptors (Lipinski definition) is 10. The zero-order valence-electron chi connectivity index (χ0n) is 20.0. The summed E-state index contributed by atoms with van der Waals surface area (Å²) in [6.45, 7) is 5.65. The van der Waals surface area contributed by atoms with E-state index in [1.54, 1.807) is 13.8 Å². The van der Waals surface area contributed by atoms with E-state index in [1.807, 2.05) is 0 Å². The van der Waals surface area contributed by atoms with E-state index >= 15 is 0 Å². The summed E-state index contributed by atoms with van der Waals surface area (Å²) in [6.07, 6.45) is 3.89. The van der Waals surface area contributed by atoms with Crippen molar-refractivity contribution in [3.05, 3.63) is 0 Å². The molecule has 1 aliphatic carbocycles. The van der Waals surface area contributed by atoms with E-state index in [4.69, 9.17) is 28.4 Å². The Morgan fingerprint density at radius 3 is 1.44 bits per heavy atom. The van der Waals surface area contributed by atoms with Gasteiger partial charge in [-0.2, -0.15) is 0 Å². The van der Waals surface area contributed by atoms with Crippen LogP contribution in [-0.2, 0) is 47.6 Å². The zero-order valence-corrected chi connectivity index (χ0v) is 20.0. The molecule has 0 spiro atoms. The lowest BCUT2D eigenvalue weighted by Crippen LogP contribution is -2.25. The SMILES string of the molecule is CCOC(=O)C1CC(COCC2CCC(COCC3CC(C(=O)OCC)C(=O)O3)CC2)OC1=O. The highest BCUT2D eigenvalue weighted by Gasteiger charge is 2.41. The first kappa shape index (κ1) is 26.4. The van der Waals surface area contributed by atoms with E-state index in [1.165, 1.54) is 0 Å². The first-order valence-corrected chi connectivity index (χ1v) is 12.3. The van der Waals surface area contributed by atoms with Crippen molar-refractivity contribution >= 4 is 23.9 Å². The first-order chi connectivity index (χ1) is 16.4. The number of rotatable bonds is 12. The molecule has 0 aromatic carbocycles. The van der Waals surface area contributed by atoms with E-state index in [-0.39, 0.29) is 26.4 Å². The zero-order chi connectivity index (χ0) is 24.5. The van der Waals surface area contributed by atoms with Crippen LogP contribution in [0.25, 0.3) is 0 Å². The van der Waals surface area contributed by atoms with Crippen molar-refractivity contribution in [3.8, 4) is 0 Å². The normalized spacial score (nSPS) is 31.1. The fourth-order valence-corrected chi connectivity index (χ4v) is 4.68. The van der Waals surface area contributed by atoms with Crippen molar-refractivity contribution < 1.29 is 47.6 Å². The molecule has 0 amide bonds. The van der Waals surface area contributed by atoms with Crippen LogP contribution in [-0.4, -0.2) is 75.7 Å². The number of esters is 4. The van der Waals surface area contributed by atoms with Crippen LogP contribution >= 0.6 is 0 Å². The molecular formula is C24H36O10. The Morgan fingerprint density at radius 2 is 1.09 bits per heavy atom. The van der Waals surface area contributed by atoms with E-state index in [0.29, 0.717) is 37.9 Å². The number of hydrogen-bond donors (Lipinski definition) is 0. The Bertz CT molecular complexity index is 655. The standard InChI is InChI=1S/C24H36O10/c1-3-31-21(25)19-9-17(33-23(19)27)13-29-11-15-5-7-16(8-6-15)12-30-14-18-10-20(24(28)34-18)22(26)32-4-2/h15-20H,3-14H2,1-2H3. The summed E-state index contributed by atoms with van der Waals surface area (Å²) < 4.78 is 31.9. The summed E-state index contributed by atoms with van der Waals surface area (Å²) in [5.41, 5.74) is 0. The second-order valence-electron chi connectivity index (χ2n) is 9.16. The monoisotopic (exact) mass is 484 g/mol. The van der Waals surface area contributed by atoms with E-state index in [0.717, 1.165) is 25.7 Å². The van der Waals surface area contributed by atoms with Gasteiger partial charge in [0.2, 0.25) is 0 Å². The molecule has 0 radical (unpaired) electrons. The second kappa shape index (κ2) is 13.0. The van der Waals surface area contributed by atoms with Crippen LogP contribution in [0.1, 0.15) is 52.4 Å². The Balaban J connectivity index is 1.24. The summed E-state index contributed by atoms with van der Waals surface area (Å²) in [5, 5.41) is 0. The van der Waals surface area contributed by atoms with E-state index in [9.17, 15) is 19.2 Å². The van der Waals surface area contributed by atoms with E-state index < -0.39 is 47.9 Å². The predicted octanol–water partition coefficient (Wildman–Crippen LogP) is 1.82. The molecule has 10 heteroatoms. The predicted molar refractivity (Wildman–Crippen MR) is 116 cm³/mol. The quantitative estimate of drug-likeness (QED) is 0.230. The van der Waals surface area contributed by atoms with Gasteiger partial charge in [-0.15, -0.1) is 0 Å². The van der Waals surface area contributed by atoms with Crippen LogP contribution < -0.4 is 0 Å². The lowest BCUT2D eigenvalue weighted by atomic mass is 9.83. The van der Waals surface area contributed by atoms with Crippen LogP contribution in [0, 0.1) is 23.7 Å². The Hall–Kier alpha value is -2.20. The molecule has 2 aliphatic heterocycles. The molecular weight excluding hydrogens is 448 g/mol. The van der Waals surface area contributed by atoms with Crippen LogP contribution in [0.15, 0.2) is 0 Å². The van der Waals surface area contributed by atoms with Crippen molar-refractivity contribution in [2.24, 2.45) is 23.7 Å². The average Bonchev–Trinajstić information content (AvgIpc) is 3.37. The van der Waals surface area contributed by atoms with Crippen molar-refractivity contribution in [1.29, 1.82) is 0 Å². The van der Waals surface area contributed by atoms with Crippen LogP contribution in [0.4, 0.5) is 0 Å². The Kier molecular flexibility index (Phi) is 10.1. The van der Waals surface area contributed by atoms with Crippen LogP contribution in [0.5, 0.6) is 0 Å². The minimum absolute atomic E-state index is 0.238. The Morgan fingerprint density at radius 1 is 0.706 bits per heavy atom. The molecule has 0 bridgehead atoms. The number of ether oxygens (including phenoxy) is 6. The number of carbonyl (C=O) groups excluding carboxylic acids is 4. The van der Waals surface area contributed by atoms with E-state index in [2.05, 4.69) is 0 Å². The minimum atomic E-state index is -0.840. The highest BCUT2D eigenvalue weighted by atomic mass is 16.6. The fourth-order valence-electron chi connectivity index (χ4n) is 4.68. The molecule has 2 saturated heterocycles. The summed E-state index contributed by atoms with van der Waals surface area (Å²) >= 11 is 0. The molecule has 34 heavy (non-hydrogen) atoms. The molecule has 4 atom stereocenters. The number of cyclic esters (lactones) is 2. The molecule has 3 aliphatic rings. The van der Waals surface area contributed by atoms with Gasteiger partial charge in [0.05, 0.1) is 26.4 Å². The average molecular weight is 485 g/mol. The van der Waals surface area contributed by atoms with Gasteiger partial charge < -0.3 is 28.4 Å². The lowest BCUT2D eigenvalue weighted by Gasteiger charge is -2.28. The van der Waals surface area contributed by atoms with Gasteiger partial charge in [-0.25, -0.2) is 0 Å². The molecule has 4 unspecified atom stereocenters. The first-order valence-electron chi connectivity index (χ1n) is 12.3. The fraction of sp³-hybridized carbons (Fsp3) is 0.833. The molecule has 192 valence electrons. The lowest BCUT2D eigenvalue weighted by molar-refractivity contribution is -0.158. The van der Waals surface area contributed by atoms with Gasteiger partial charge in [0.25, 0.3) is 0 Å². The van der Waals surface area contributed by atoms with Crippen molar-refractivity contribution in [2.45, 2.75) is 64.6 Å². The van der Waals surface area contributed by atoms with Gasteiger partial charge in [0.15, 0.2) is 11.8 Å². The van der Waals surface area contributed by atoms with Crippen molar-refractivity contribution in [2.75, 3.05) is 39.6 Å². The van der Waals surface area contributed by atoms with Gasteiger partial charge in [0, 0.05) is 26.1 Å². The van der Waals surface area contributed by atoms with Crippen LogP contribution in [0.3, 0.4) is 0 Å². The number of carbonyl (C=O) groups is 4. The van der Waals surface area contributed by atoms with Crippen LogP contribution in [0.2, 0.25) is 0 Å². The summed E-state index contributed by atoms with van der Waals surface area (Å²) in [5.74, 6) is -2.92. The second-order valence-corrected chi connectivity index (χ2v) is 9.16. The summed E-state index contributed by atoms with van der Waals surface area (Å²) in [7, 11) is 0. The smallest absolute Gasteiger partial charge is 0.320 e. The maximum Gasteiger partial charge on any atom is 0.320 e. The largest absolute Gasteiger partial charge is 0.465 e. The molecule has 3 fully saturated rings. The van der Waals surface area contributed by atoms with Gasteiger partial charge >= 0.3 is 23.9 Å². The maximum atomic E-state index is 11.8. The van der Waals surface area contributed by atoms with Gasteiger partial charge in [-0.3, -0.25) is 19.2 Å². The molecule has 1 saturated carbocycles.